The molecule has 0 amide bonds. The van der Waals surface area contributed by atoms with Crippen LogP contribution < -0.4 is 4.90 Å². The van der Waals surface area contributed by atoms with Crippen LogP contribution in [0.3, 0.4) is 0 Å². The number of hydrogen-bond donors (Lipinski definition) is 1. The van der Waals surface area contributed by atoms with E-state index in [2.05, 4.69) is 29.2 Å². The number of aliphatic hydroxyl groups excluding tert-OH is 1. The normalized spacial score (nSPS) is 12.5. The second-order valence-electron chi connectivity index (χ2n) is 7.06. The highest BCUT2D eigenvalue weighted by molar-refractivity contribution is 7.53. The summed E-state index contributed by atoms with van der Waals surface area (Å²) in [6.07, 6.45) is -1.09. The quantitative estimate of drug-likeness (QED) is 0.440. The number of anilines is 1. The molecule has 3 aromatic carbocycles. The summed E-state index contributed by atoms with van der Waals surface area (Å²) in [7, 11) is -0.688. The number of benzene rings is 3. The fraction of sp³-hybridized carbons (Fsp3) is 0.250. The molecular weight excluding hydrogens is 397 g/mol. The molecule has 0 heterocycles. The first-order valence-electron chi connectivity index (χ1n) is 9.85. The number of para-hydroxylation sites is 1. The molecule has 1 unspecified atom stereocenters. The van der Waals surface area contributed by atoms with Gasteiger partial charge in [-0.3, -0.25) is 4.57 Å². The maximum Gasteiger partial charge on any atom is 0.333 e. The van der Waals surface area contributed by atoms with E-state index < -0.39 is 13.7 Å². The molecule has 5 nitrogen and oxygen atoms in total. The van der Waals surface area contributed by atoms with E-state index in [4.69, 9.17) is 9.05 Å². The Hall–Kier alpha value is -2.43. The zero-order valence-electron chi connectivity index (χ0n) is 17.3. The predicted molar refractivity (Wildman–Crippen MR) is 121 cm³/mol. The van der Waals surface area contributed by atoms with Gasteiger partial charge in [-0.05, 0) is 17.2 Å². The zero-order valence-corrected chi connectivity index (χ0v) is 18.2. The van der Waals surface area contributed by atoms with Gasteiger partial charge in [0.15, 0.2) is 0 Å². The van der Waals surface area contributed by atoms with Crippen molar-refractivity contribution >= 4 is 13.3 Å². The van der Waals surface area contributed by atoms with E-state index in [1.54, 1.807) is 0 Å². The van der Waals surface area contributed by atoms with Crippen LogP contribution in [0.15, 0.2) is 84.9 Å². The number of aliphatic hydroxyl groups is 1. The number of nitrogens with zero attached hydrogens (tertiary/aromatic N) is 1. The number of rotatable bonds is 10. The minimum atomic E-state index is -3.35. The van der Waals surface area contributed by atoms with Crippen LogP contribution in [0.2, 0.25) is 0 Å². The SMILES string of the molecule is COP(=O)(CC(O)c1ccccc1N(Cc1ccccc1)Cc1ccccc1)OC. The minimum absolute atomic E-state index is 0.110. The van der Waals surface area contributed by atoms with Gasteiger partial charge in [0, 0.05) is 38.6 Å². The molecule has 0 aliphatic heterocycles. The van der Waals surface area contributed by atoms with Gasteiger partial charge in [-0.2, -0.15) is 0 Å². The summed E-state index contributed by atoms with van der Waals surface area (Å²) in [6.45, 7) is 1.34. The lowest BCUT2D eigenvalue weighted by atomic mass is 10.1. The van der Waals surface area contributed by atoms with Crippen LogP contribution in [0.1, 0.15) is 22.8 Å². The summed E-state index contributed by atoms with van der Waals surface area (Å²) >= 11 is 0. The maximum absolute atomic E-state index is 12.6. The van der Waals surface area contributed by atoms with Gasteiger partial charge in [-0.15, -0.1) is 0 Å². The molecule has 0 aliphatic carbocycles. The van der Waals surface area contributed by atoms with Gasteiger partial charge in [-0.1, -0.05) is 78.9 Å². The molecule has 1 N–H and O–H groups in total. The van der Waals surface area contributed by atoms with Crippen molar-refractivity contribution in [2.75, 3.05) is 25.3 Å². The molecule has 0 saturated heterocycles. The van der Waals surface area contributed by atoms with Crippen molar-refractivity contribution in [1.82, 2.24) is 0 Å². The van der Waals surface area contributed by atoms with Crippen molar-refractivity contribution in [2.45, 2.75) is 19.2 Å². The van der Waals surface area contributed by atoms with Crippen molar-refractivity contribution in [1.29, 1.82) is 0 Å². The number of hydrogen-bond acceptors (Lipinski definition) is 5. The average Bonchev–Trinajstić information content (AvgIpc) is 2.80. The third-order valence-electron chi connectivity index (χ3n) is 5.02. The third kappa shape index (κ3) is 5.80. The summed E-state index contributed by atoms with van der Waals surface area (Å²) < 4.78 is 22.6. The molecule has 30 heavy (non-hydrogen) atoms. The standard InChI is InChI=1S/C24H28NO4P/c1-28-30(27,29-2)19-24(26)22-15-9-10-16-23(22)25(17-20-11-5-3-6-12-20)18-21-13-7-4-8-14-21/h3-16,24,26H,17-19H2,1-2H3. The molecule has 1 atom stereocenters. The molecule has 0 saturated carbocycles. The van der Waals surface area contributed by atoms with Crippen molar-refractivity contribution in [3.05, 3.63) is 102 Å². The Kier molecular flexibility index (Phi) is 7.83. The van der Waals surface area contributed by atoms with Crippen LogP contribution in [0.25, 0.3) is 0 Å². The first kappa shape index (κ1) is 22.3. The molecule has 3 rings (SSSR count). The van der Waals surface area contributed by atoms with Gasteiger partial charge in [-0.25, -0.2) is 0 Å². The van der Waals surface area contributed by atoms with E-state index in [0.717, 1.165) is 16.8 Å². The van der Waals surface area contributed by atoms with Crippen molar-refractivity contribution in [3.8, 4) is 0 Å². The van der Waals surface area contributed by atoms with Crippen LogP contribution in [0.4, 0.5) is 5.69 Å². The fourth-order valence-electron chi connectivity index (χ4n) is 3.42. The van der Waals surface area contributed by atoms with E-state index in [-0.39, 0.29) is 6.16 Å². The Balaban J connectivity index is 1.95. The molecule has 0 fully saturated rings. The summed E-state index contributed by atoms with van der Waals surface area (Å²) in [4.78, 5) is 2.22. The Morgan fingerprint density at radius 2 is 1.27 bits per heavy atom. The molecule has 0 spiro atoms. The Morgan fingerprint density at radius 3 is 1.77 bits per heavy atom. The molecule has 158 valence electrons. The summed E-state index contributed by atoms with van der Waals surface area (Å²) in [6, 6.07) is 28.1. The van der Waals surface area contributed by atoms with Crippen LogP contribution in [-0.4, -0.2) is 25.5 Å². The second kappa shape index (κ2) is 10.6. The summed E-state index contributed by atoms with van der Waals surface area (Å²) in [5, 5.41) is 10.9. The van der Waals surface area contributed by atoms with Crippen LogP contribution >= 0.6 is 7.60 Å². The zero-order chi connectivity index (χ0) is 21.4. The Morgan fingerprint density at radius 1 is 0.800 bits per heavy atom. The van der Waals surface area contributed by atoms with Gasteiger partial charge in [0.25, 0.3) is 0 Å². The summed E-state index contributed by atoms with van der Waals surface area (Å²) in [5.41, 5.74) is 3.91. The van der Waals surface area contributed by atoms with Crippen LogP contribution in [0.5, 0.6) is 0 Å². The van der Waals surface area contributed by atoms with Crippen molar-refractivity contribution < 1.29 is 18.7 Å². The molecule has 0 aliphatic rings. The lowest BCUT2D eigenvalue weighted by Crippen LogP contribution is -2.24. The lowest BCUT2D eigenvalue weighted by Gasteiger charge is -2.29. The van der Waals surface area contributed by atoms with Crippen LogP contribution in [0, 0.1) is 0 Å². The largest absolute Gasteiger partial charge is 0.388 e. The van der Waals surface area contributed by atoms with E-state index in [1.807, 2.05) is 60.7 Å². The van der Waals surface area contributed by atoms with Crippen molar-refractivity contribution in [3.63, 3.8) is 0 Å². The minimum Gasteiger partial charge on any atom is -0.388 e. The van der Waals surface area contributed by atoms with Gasteiger partial charge >= 0.3 is 7.60 Å². The van der Waals surface area contributed by atoms with E-state index in [0.29, 0.717) is 18.7 Å². The Labute approximate surface area is 178 Å². The van der Waals surface area contributed by atoms with E-state index >= 15 is 0 Å². The average molecular weight is 425 g/mol. The lowest BCUT2D eigenvalue weighted by molar-refractivity contribution is 0.184. The first-order chi connectivity index (χ1) is 14.5. The molecule has 0 radical (unpaired) electrons. The smallest absolute Gasteiger partial charge is 0.333 e. The highest BCUT2D eigenvalue weighted by Crippen LogP contribution is 2.50. The second-order valence-corrected chi connectivity index (χ2v) is 9.38. The molecule has 0 aromatic heterocycles. The predicted octanol–water partition coefficient (Wildman–Crippen LogP) is 5.41. The Bertz CT molecular complexity index is 916. The highest BCUT2D eigenvalue weighted by atomic mass is 31.2. The summed E-state index contributed by atoms with van der Waals surface area (Å²) in [5.74, 6) is 0. The monoisotopic (exact) mass is 425 g/mol. The third-order valence-corrected chi connectivity index (χ3v) is 6.93. The van der Waals surface area contributed by atoms with E-state index in [9.17, 15) is 9.67 Å². The maximum atomic E-state index is 12.6. The van der Waals surface area contributed by atoms with Crippen molar-refractivity contribution in [2.24, 2.45) is 0 Å². The molecule has 0 bridgehead atoms. The van der Waals surface area contributed by atoms with Crippen LogP contribution in [-0.2, 0) is 26.7 Å². The van der Waals surface area contributed by atoms with Gasteiger partial charge in [0.05, 0.1) is 12.3 Å². The topological polar surface area (TPSA) is 59.0 Å². The molecule has 6 heteroatoms. The van der Waals surface area contributed by atoms with Gasteiger partial charge in [0.2, 0.25) is 0 Å². The molecular formula is C24H28NO4P. The first-order valence-corrected chi connectivity index (χ1v) is 11.6. The molecule has 3 aromatic rings. The fourth-order valence-corrected chi connectivity index (χ4v) is 4.49. The van der Waals surface area contributed by atoms with Gasteiger partial charge in [0.1, 0.15) is 0 Å². The highest BCUT2D eigenvalue weighted by Gasteiger charge is 2.28. The van der Waals surface area contributed by atoms with Gasteiger partial charge < -0.3 is 19.1 Å². The van der Waals surface area contributed by atoms with E-state index in [1.165, 1.54) is 14.2 Å².